The van der Waals surface area contributed by atoms with Crippen LogP contribution in [0.1, 0.15) is 78.4 Å². The predicted octanol–water partition coefficient (Wildman–Crippen LogP) is 6.33. The van der Waals surface area contributed by atoms with Crippen molar-refractivity contribution in [1.29, 1.82) is 0 Å². The maximum Gasteiger partial charge on any atom is 0.420 e. The first-order valence-corrected chi connectivity index (χ1v) is 10.5. The molecule has 1 aliphatic carbocycles. The minimum absolute atomic E-state index is 0.146. The van der Waals surface area contributed by atoms with Gasteiger partial charge in [-0.1, -0.05) is 60.8 Å². The van der Waals surface area contributed by atoms with Crippen molar-refractivity contribution in [2.45, 2.75) is 72.1 Å². The summed E-state index contributed by atoms with van der Waals surface area (Å²) >= 11 is 0. The van der Waals surface area contributed by atoms with E-state index >= 15 is 0 Å². The number of aryl methyl sites for hydroxylation is 3. The molecule has 0 aromatic heterocycles. The van der Waals surface area contributed by atoms with Crippen LogP contribution in [0.15, 0.2) is 12.1 Å². The summed E-state index contributed by atoms with van der Waals surface area (Å²) in [4.78, 5) is 12.5. The van der Waals surface area contributed by atoms with Gasteiger partial charge in [0.05, 0.1) is 5.56 Å². The van der Waals surface area contributed by atoms with E-state index in [9.17, 15) is 9.36 Å². The third kappa shape index (κ3) is 5.24. The average Bonchev–Trinajstić information content (AvgIpc) is 2.51. The molecule has 1 unspecified atom stereocenters. The molecule has 1 saturated carbocycles. The number of unbranched alkanes of at least 4 members (excludes halogenated alkanes) is 1. The van der Waals surface area contributed by atoms with Crippen molar-refractivity contribution >= 4 is 13.3 Å². The Kier molecular flexibility index (Phi) is 6.96. The number of benzene rings is 1. The van der Waals surface area contributed by atoms with Gasteiger partial charge in [0, 0.05) is 0 Å². The molecule has 0 spiro atoms. The fourth-order valence-corrected chi connectivity index (χ4v) is 5.22. The van der Waals surface area contributed by atoms with Crippen LogP contribution in [-0.4, -0.2) is 11.7 Å². The molecular formula is C20H30O2P+. The zero-order valence-electron chi connectivity index (χ0n) is 14.9. The Labute approximate surface area is 141 Å². The van der Waals surface area contributed by atoms with Crippen LogP contribution >= 0.6 is 7.80 Å². The molecule has 0 N–H and O–H groups in total. The van der Waals surface area contributed by atoms with Crippen LogP contribution in [0.4, 0.5) is 0 Å². The van der Waals surface area contributed by atoms with Crippen LogP contribution in [0.25, 0.3) is 0 Å². The van der Waals surface area contributed by atoms with Gasteiger partial charge in [-0.05, 0) is 50.7 Å². The van der Waals surface area contributed by atoms with Crippen molar-refractivity contribution in [2.24, 2.45) is 5.92 Å². The molecule has 3 heteroatoms. The van der Waals surface area contributed by atoms with E-state index in [0.29, 0.717) is 11.7 Å². The fraction of sp³-hybridized carbons (Fsp3) is 0.650. The van der Waals surface area contributed by atoms with E-state index in [-0.39, 0.29) is 5.52 Å². The molecule has 1 atom stereocenters. The second kappa shape index (κ2) is 8.73. The van der Waals surface area contributed by atoms with E-state index in [1.807, 2.05) is 32.9 Å². The van der Waals surface area contributed by atoms with Crippen LogP contribution in [0.2, 0.25) is 0 Å². The predicted molar refractivity (Wildman–Crippen MR) is 97.9 cm³/mol. The summed E-state index contributed by atoms with van der Waals surface area (Å²) in [5.74, 6) is 0.874. The third-order valence-electron chi connectivity index (χ3n) is 5.07. The van der Waals surface area contributed by atoms with Gasteiger partial charge >= 0.3 is 13.3 Å². The quantitative estimate of drug-likeness (QED) is 0.431. The van der Waals surface area contributed by atoms with Gasteiger partial charge in [-0.2, -0.15) is 0 Å². The van der Waals surface area contributed by atoms with Gasteiger partial charge < -0.3 is 0 Å². The minimum Gasteiger partial charge on any atom is -0.234 e. The molecule has 126 valence electrons. The minimum atomic E-state index is -1.78. The van der Waals surface area contributed by atoms with Crippen molar-refractivity contribution in [3.05, 3.63) is 34.4 Å². The number of rotatable bonds is 7. The molecule has 0 heterocycles. The largest absolute Gasteiger partial charge is 0.420 e. The second-order valence-corrected chi connectivity index (χ2v) is 8.79. The van der Waals surface area contributed by atoms with Crippen LogP contribution in [0.5, 0.6) is 0 Å². The zero-order chi connectivity index (χ0) is 16.8. The van der Waals surface area contributed by atoms with Gasteiger partial charge in [0.2, 0.25) is 0 Å². The average molecular weight is 333 g/mol. The summed E-state index contributed by atoms with van der Waals surface area (Å²) < 4.78 is 12.4. The van der Waals surface area contributed by atoms with Gasteiger partial charge in [-0.15, -0.1) is 0 Å². The van der Waals surface area contributed by atoms with Crippen LogP contribution in [0.3, 0.4) is 0 Å². The third-order valence-corrected chi connectivity index (χ3v) is 6.46. The van der Waals surface area contributed by atoms with Crippen molar-refractivity contribution in [1.82, 2.24) is 0 Å². The van der Waals surface area contributed by atoms with Crippen LogP contribution in [-0.2, 0) is 4.57 Å². The lowest BCUT2D eigenvalue weighted by molar-refractivity contribution is 0.107. The van der Waals surface area contributed by atoms with E-state index in [4.69, 9.17) is 0 Å². The van der Waals surface area contributed by atoms with Crippen molar-refractivity contribution in [3.63, 3.8) is 0 Å². The number of carbonyl (C=O) groups excluding carboxylic acids is 1. The first-order chi connectivity index (χ1) is 11.0. The molecule has 0 bridgehead atoms. The SMILES string of the molecule is Cc1cc(C)c(C(=O)[P+](=O)CCCCC2CCCCC2)c(C)c1. The molecule has 0 saturated heterocycles. The highest BCUT2D eigenvalue weighted by Crippen LogP contribution is 2.33. The Bertz CT molecular complexity index is 548. The van der Waals surface area contributed by atoms with Gasteiger partial charge in [-0.25, -0.2) is 4.79 Å². The molecule has 1 fully saturated rings. The molecule has 0 radical (unpaired) electrons. The molecular weight excluding hydrogens is 303 g/mol. The normalized spacial score (nSPS) is 16.4. The Morgan fingerprint density at radius 3 is 2.26 bits per heavy atom. The molecule has 0 aliphatic heterocycles. The lowest BCUT2D eigenvalue weighted by Gasteiger charge is -2.20. The molecule has 2 rings (SSSR count). The molecule has 23 heavy (non-hydrogen) atoms. The van der Waals surface area contributed by atoms with E-state index in [2.05, 4.69) is 0 Å². The van der Waals surface area contributed by atoms with Crippen molar-refractivity contribution in [3.8, 4) is 0 Å². The summed E-state index contributed by atoms with van der Waals surface area (Å²) in [6.45, 7) is 5.92. The monoisotopic (exact) mass is 333 g/mol. The highest BCUT2D eigenvalue weighted by Gasteiger charge is 2.31. The summed E-state index contributed by atoms with van der Waals surface area (Å²) in [5.41, 5.74) is 3.60. The summed E-state index contributed by atoms with van der Waals surface area (Å²) in [7, 11) is -1.78. The zero-order valence-corrected chi connectivity index (χ0v) is 15.8. The number of carbonyl (C=O) groups is 1. The number of hydrogen-bond acceptors (Lipinski definition) is 2. The lowest BCUT2D eigenvalue weighted by Crippen LogP contribution is -2.06. The molecule has 0 amide bonds. The summed E-state index contributed by atoms with van der Waals surface area (Å²) in [6.07, 6.45) is 10.7. The van der Waals surface area contributed by atoms with E-state index in [1.54, 1.807) is 0 Å². The van der Waals surface area contributed by atoms with Crippen LogP contribution in [0, 0.1) is 26.7 Å². The Hall–Kier alpha value is -1.01. The Morgan fingerprint density at radius 1 is 1.04 bits per heavy atom. The topological polar surface area (TPSA) is 34.1 Å². The summed E-state index contributed by atoms with van der Waals surface area (Å²) in [5, 5.41) is 0. The Morgan fingerprint density at radius 2 is 1.65 bits per heavy atom. The molecule has 1 aliphatic rings. The van der Waals surface area contributed by atoms with E-state index < -0.39 is 7.80 Å². The van der Waals surface area contributed by atoms with Crippen molar-refractivity contribution in [2.75, 3.05) is 6.16 Å². The van der Waals surface area contributed by atoms with Crippen molar-refractivity contribution < 1.29 is 9.36 Å². The summed E-state index contributed by atoms with van der Waals surface area (Å²) in [6, 6.07) is 4.01. The molecule has 1 aromatic rings. The standard InChI is InChI=1S/C20H30O2P/c1-15-13-16(2)19(17(3)14-15)20(21)23(22)12-8-7-11-18-9-5-4-6-10-18/h13-14,18H,4-12H2,1-3H3/q+1. The van der Waals surface area contributed by atoms with Gasteiger partial charge in [0.15, 0.2) is 6.16 Å². The Balaban J connectivity index is 1.82. The van der Waals surface area contributed by atoms with E-state index in [0.717, 1.165) is 35.4 Å². The van der Waals surface area contributed by atoms with Gasteiger partial charge in [-0.3, -0.25) is 0 Å². The second-order valence-electron chi connectivity index (χ2n) is 7.18. The van der Waals surface area contributed by atoms with E-state index in [1.165, 1.54) is 38.5 Å². The van der Waals surface area contributed by atoms with Gasteiger partial charge in [0.1, 0.15) is 0 Å². The smallest absolute Gasteiger partial charge is 0.234 e. The van der Waals surface area contributed by atoms with Gasteiger partial charge in [0.25, 0.3) is 0 Å². The highest BCUT2D eigenvalue weighted by molar-refractivity contribution is 7.64. The molecule has 2 nitrogen and oxygen atoms in total. The highest BCUT2D eigenvalue weighted by atomic mass is 31.1. The molecule has 1 aromatic carbocycles. The first-order valence-electron chi connectivity index (χ1n) is 9.06. The number of hydrogen-bond donors (Lipinski definition) is 0. The maximum absolute atomic E-state index is 12.5. The van der Waals surface area contributed by atoms with Crippen LogP contribution < -0.4 is 0 Å². The fourth-order valence-electron chi connectivity index (χ4n) is 3.91. The first kappa shape index (κ1) is 18.3. The maximum atomic E-state index is 12.5. The lowest BCUT2D eigenvalue weighted by atomic mass is 9.86.